The van der Waals surface area contributed by atoms with Crippen LogP contribution in [-0.2, 0) is 9.53 Å². The number of carbonyl (C=O) groups is 1. The lowest BCUT2D eigenvalue weighted by atomic mass is 9.95. The number of para-hydroxylation sites is 2. The van der Waals surface area contributed by atoms with Gasteiger partial charge in [0.2, 0.25) is 5.95 Å². The largest absolute Gasteiger partial charge is 0.463 e. The van der Waals surface area contributed by atoms with Crippen molar-refractivity contribution in [1.82, 2.24) is 9.55 Å². The predicted molar refractivity (Wildman–Crippen MR) is 106 cm³/mol. The van der Waals surface area contributed by atoms with E-state index in [1.807, 2.05) is 66.9 Å². The van der Waals surface area contributed by atoms with E-state index in [1.165, 1.54) is 0 Å². The first-order chi connectivity index (χ1) is 12.6. The average Bonchev–Trinajstić information content (AvgIpc) is 3.01. The molecule has 3 aromatic rings. The van der Waals surface area contributed by atoms with Crippen LogP contribution in [0.15, 0.2) is 58.6 Å². The van der Waals surface area contributed by atoms with Crippen molar-refractivity contribution in [2.75, 3.05) is 11.9 Å². The summed E-state index contributed by atoms with van der Waals surface area (Å²) in [7, 11) is 0. The molecule has 1 aliphatic heterocycles. The second-order valence-corrected chi connectivity index (χ2v) is 7.02. The van der Waals surface area contributed by atoms with Crippen molar-refractivity contribution in [3.05, 3.63) is 64.1 Å². The molecule has 0 spiro atoms. The number of hydrogen-bond donors (Lipinski definition) is 1. The van der Waals surface area contributed by atoms with E-state index in [1.54, 1.807) is 0 Å². The highest BCUT2D eigenvalue weighted by Crippen LogP contribution is 2.38. The van der Waals surface area contributed by atoms with E-state index in [4.69, 9.17) is 9.72 Å². The number of rotatable bonds is 3. The number of hydrogen-bond acceptors (Lipinski definition) is 4. The third-order valence-electron chi connectivity index (χ3n) is 4.55. The van der Waals surface area contributed by atoms with Crippen molar-refractivity contribution in [2.45, 2.75) is 19.9 Å². The molecule has 0 radical (unpaired) electrons. The van der Waals surface area contributed by atoms with Crippen molar-refractivity contribution in [1.29, 1.82) is 0 Å². The van der Waals surface area contributed by atoms with Crippen molar-refractivity contribution in [2.24, 2.45) is 0 Å². The van der Waals surface area contributed by atoms with Crippen LogP contribution in [0.2, 0.25) is 0 Å². The number of halogens is 1. The fourth-order valence-corrected chi connectivity index (χ4v) is 3.64. The number of imidazole rings is 1. The van der Waals surface area contributed by atoms with Crippen LogP contribution >= 0.6 is 15.9 Å². The number of benzene rings is 2. The van der Waals surface area contributed by atoms with Gasteiger partial charge in [-0.3, -0.25) is 4.57 Å². The number of anilines is 1. The normalized spacial score (nSPS) is 16.3. The zero-order valence-corrected chi connectivity index (χ0v) is 16.1. The Kier molecular flexibility index (Phi) is 4.28. The van der Waals surface area contributed by atoms with Crippen LogP contribution in [0.4, 0.5) is 5.95 Å². The fraction of sp³-hybridized carbons (Fsp3) is 0.200. The van der Waals surface area contributed by atoms with Gasteiger partial charge in [0.05, 0.1) is 29.3 Å². The van der Waals surface area contributed by atoms with Gasteiger partial charge in [0, 0.05) is 10.2 Å². The van der Waals surface area contributed by atoms with Gasteiger partial charge in [0.15, 0.2) is 0 Å². The van der Waals surface area contributed by atoms with Crippen LogP contribution in [0.1, 0.15) is 25.5 Å². The lowest BCUT2D eigenvalue weighted by Crippen LogP contribution is -2.28. The van der Waals surface area contributed by atoms with Gasteiger partial charge in [-0.05, 0) is 43.7 Å². The summed E-state index contributed by atoms with van der Waals surface area (Å²) in [5, 5.41) is 3.42. The Hall–Kier alpha value is -2.60. The molecule has 26 heavy (non-hydrogen) atoms. The van der Waals surface area contributed by atoms with E-state index in [2.05, 4.69) is 21.2 Å². The van der Waals surface area contributed by atoms with Gasteiger partial charge in [0.25, 0.3) is 0 Å². The molecule has 0 fully saturated rings. The Bertz CT molecular complexity index is 1020. The monoisotopic (exact) mass is 411 g/mol. The minimum Gasteiger partial charge on any atom is -0.463 e. The molecule has 5 nitrogen and oxygen atoms in total. The quantitative estimate of drug-likeness (QED) is 0.631. The zero-order chi connectivity index (χ0) is 18.3. The minimum atomic E-state index is -0.313. The molecule has 0 bridgehead atoms. The van der Waals surface area contributed by atoms with Crippen molar-refractivity contribution in [3.8, 4) is 0 Å². The highest BCUT2D eigenvalue weighted by molar-refractivity contribution is 9.10. The number of allylic oxidation sites excluding steroid dienone is 1. The molecular formula is C20H18BrN3O2. The standard InChI is InChI=1S/C20H18BrN3O2/c1-3-26-19(25)17-12(2)24-16-7-5-4-6-15(16)22-20(24)23-18(17)13-8-10-14(21)11-9-13/h4-11,18H,3H2,1-2H3,(H,22,23). The SMILES string of the molecule is CCOC(=O)C1=C(C)n2c(nc3ccccc32)NC1c1ccc(Br)cc1. The second-order valence-electron chi connectivity index (χ2n) is 6.11. The third kappa shape index (κ3) is 2.70. The molecule has 0 aliphatic carbocycles. The highest BCUT2D eigenvalue weighted by atomic mass is 79.9. The summed E-state index contributed by atoms with van der Waals surface area (Å²) in [6.07, 6.45) is 0. The minimum absolute atomic E-state index is 0.311. The fourth-order valence-electron chi connectivity index (χ4n) is 3.37. The van der Waals surface area contributed by atoms with Gasteiger partial charge < -0.3 is 10.1 Å². The van der Waals surface area contributed by atoms with E-state index in [0.29, 0.717) is 12.2 Å². The number of nitrogens with zero attached hydrogens (tertiary/aromatic N) is 2. The Balaban J connectivity index is 1.92. The van der Waals surface area contributed by atoms with Gasteiger partial charge in [-0.2, -0.15) is 0 Å². The number of esters is 1. The Labute approximate surface area is 159 Å². The lowest BCUT2D eigenvalue weighted by molar-refractivity contribution is -0.138. The maximum Gasteiger partial charge on any atom is 0.338 e. The first-order valence-electron chi connectivity index (χ1n) is 8.48. The van der Waals surface area contributed by atoms with E-state index >= 15 is 0 Å². The second kappa shape index (κ2) is 6.61. The van der Waals surface area contributed by atoms with Crippen LogP contribution < -0.4 is 5.32 Å². The van der Waals surface area contributed by atoms with E-state index in [9.17, 15) is 4.79 Å². The summed E-state index contributed by atoms with van der Waals surface area (Å²) in [6, 6.07) is 15.5. The molecule has 2 heterocycles. The van der Waals surface area contributed by atoms with Gasteiger partial charge in [0.1, 0.15) is 0 Å². The maximum absolute atomic E-state index is 12.8. The molecule has 1 unspecified atom stereocenters. The van der Waals surface area contributed by atoms with Gasteiger partial charge in [-0.15, -0.1) is 0 Å². The Morgan fingerprint density at radius 2 is 1.96 bits per heavy atom. The molecule has 1 aromatic heterocycles. The average molecular weight is 412 g/mol. The summed E-state index contributed by atoms with van der Waals surface area (Å²) in [4.78, 5) is 17.5. The molecule has 4 rings (SSSR count). The molecule has 1 N–H and O–H groups in total. The van der Waals surface area contributed by atoms with Crippen LogP contribution in [0.5, 0.6) is 0 Å². The van der Waals surface area contributed by atoms with Crippen LogP contribution in [0.3, 0.4) is 0 Å². The maximum atomic E-state index is 12.8. The predicted octanol–water partition coefficient (Wildman–Crippen LogP) is 4.76. The van der Waals surface area contributed by atoms with E-state index in [-0.39, 0.29) is 12.0 Å². The van der Waals surface area contributed by atoms with Crippen LogP contribution in [0, 0.1) is 0 Å². The number of ether oxygens (including phenoxy) is 1. The molecule has 0 saturated heterocycles. The first kappa shape index (κ1) is 16.8. The van der Waals surface area contributed by atoms with E-state index < -0.39 is 0 Å². The molecule has 1 aliphatic rings. The van der Waals surface area contributed by atoms with Crippen LogP contribution in [0.25, 0.3) is 16.7 Å². The van der Waals surface area contributed by atoms with Crippen LogP contribution in [-0.4, -0.2) is 22.1 Å². The molecule has 6 heteroatoms. The number of nitrogens with one attached hydrogen (secondary N) is 1. The summed E-state index contributed by atoms with van der Waals surface area (Å²) in [5.41, 5.74) is 4.26. The Morgan fingerprint density at radius 1 is 1.23 bits per heavy atom. The van der Waals surface area contributed by atoms with Crippen molar-refractivity contribution in [3.63, 3.8) is 0 Å². The molecule has 2 aromatic carbocycles. The smallest absolute Gasteiger partial charge is 0.338 e. The summed E-state index contributed by atoms with van der Waals surface area (Å²) < 4.78 is 8.32. The molecule has 1 atom stereocenters. The highest BCUT2D eigenvalue weighted by Gasteiger charge is 2.33. The molecule has 132 valence electrons. The Morgan fingerprint density at radius 3 is 2.69 bits per heavy atom. The van der Waals surface area contributed by atoms with Gasteiger partial charge in [-0.1, -0.05) is 40.2 Å². The molecule has 0 amide bonds. The van der Waals surface area contributed by atoms with E-state index in [0.717, 1.165) is 32.7 Å². The number of fused-ring (bicyclic) bond motifs is 3. The van der Waals surface area contributed by atoms with Crippen molar-refractivity contribution < 1.29 is 9.53 Å². The topological polar surface area (TPSA) is 56.2 Å². The van der Waals surface area contributed by atoms with Crippen molar-refractivity contribution >= 4 is 44.6 Å². The first-order valence-corrected chi connectivity index (χ1v) is 9.27. The van der Waals surface area contributed by atoms with Gasteiger partial charge in [-0.25, -0.2) is 9.78 Å². The summed E-state index contributed by atoms with van der Waals surface area (Å²) >= 11 is 3.46. The summed E-state index contributed by atoms with van der Waals surface area (Å²) in [5.74, 6) is 0.415. The van der Waals surface area contributed by atoms with Gasteiger partial charge >= 0.3 is 5.97 Å². The summed E-state index contributed by atoms with van der Waals surface area (Å²) in [6.45, 7) is 4.09. The number of carbonyl (C=O) groups excluding carboxylic acids is 1. The number of aromatic nitrogens is 2. The molecule has 0 saturated carbocycles. The molecular weight excluding hydrogens is 394 g/mol. The zero-order valence-electron chi connectivity index (χ0n) is 14.5. The third-order valence-corrected chi connectivity index (χ3v) is 5.08. The lowest BCUT2D eigenvalue weighted by Gasteiger charge is -2.29.